The van der Waals surface area contributed by atoms with E-state index >= 15 is 0 Å². The quantitative estimate of drug-likeness (QED) is 0.211. The number of amides is 1. The molecule has 0 fully saturated rings. The first-order valence-electron chi connectivity index (χ1n) is 12.8. The Bertz CT molecular complexity index is 1420. The number of aromatic nitrogens is 1. The fourth-order valence-corrected chi connectivity index (χ4v) is 4.84. The third kappa shape index (κ3) is 7.48. The van der Waals surface area contributed by atoms with Gasteiger partial charge in [0.05, 0.1) is 0 Å². The van der Waals surface area contributed by atoms with Crippen molar-refractivity contribution in [3.05, 3.63) is 114 Å². The summed E-state index contributed by atoms with van der Waals surface area (Å²) in [5.41, 5.74) is 5.25. The van der Waals surface area contributed by atoms with Crippen LogP contribution in [0.4, 0.5) is 0 Å². The summed E-state index contributed by atoms with van der Waals surface area (Å²) in [5, 5.41) is 12.4. The van der Waals surface area contributed by atoms with Gasteiger partial charge in [-0.1, -0.05) is 54.6 Å². The zero-order valence-corrected chi connectivity index (χ0v) is 22.9. The molecule has 1 amide bonds. The van der Waals surface area contributed by atoms with Crippen molar-refractivity contribution in [3.8, 4) is 22.6 Å². The van der Waals surface area contributed by atoms with Crippen LogP contribution in [0.5, 0.6) is 11.5 Å². The molecule has 6 nitrogen and oxygen atoms in total. The van der Waals surface area contributed by atoms with Gasteiger partial charge in [-0.2, -0.15) is 11.8 Å². The fraction of sp³-hybridized carbons (Fsp3) is 0.219. The number of carboxylic acid groups (broad SMARTS) is 1. The fourth-order valence-electron chi connectivity index (χ4n) is 4.37. The maximum Gasteiger partial charge on any atom is 0.326 e. The Kier molecular flexibility index (Phi) is 9.75. The number of para-hydroxylation sites is 1. The lowest BCUT2D eigenvalue weighted by Gasteiger charge is -2.18. The smallest absolute Gasteiger partial charge is 0.326 e. The largest absolute Gasteiger partial charge is 0.480 e. The summed E-state index contributed by atoms with van der Waals surface area (Å²) in [5.74, 6) is 0.747. The first kappa shape index (κ1) is 27.9. The molecule has 4 aromatic rings. The van der Waals surface area contributed by atoms with E-state index in [9.17, 15) is 14.7 Å². The average molecular weight is 541 g/mol. The lowest BCUT2D eigenvalue weighted by atomic mass is 9.92. The predicted molar refractivity (Wildman–Crippen MR) is 157 cm³/mol. The normalized spacial score (nSPS) is 11.5. The van der Waals surface area contributed by atoms with Crippen molar-refractivity contribution in [1.82, 2.24) is 10.3 Å². The standard InChI is InChI=1S/C32H32N2O4S/c1-22-8-6-7-11-26(22)28-20-23(13-15-27(28)31(35)34-29(32(36)37)17-19-39-2)12-14-24-21-33-18-16-30(24)38-25-9-4-3-5-10-25/h3-11,13,15-16,18,20-21,29H,12,14,17,19H2,1-2H3,(H,34,35)(H,36,37). The minimum Gasteiger partial charge on any atom is -0.480 e. The Morgan fingerprint density at radius 1 is 0.974 bits per heavy atom. The Balaban J connectivity index is 1.60. The number of nitrogens with zero attached hydrogens (tertiary/aromatic N) is 1. The summed E-state index contributed by atoms with van der Waals surface area (Å²) in [4.78, 5) is 29.4. The van der Waals surface area contributed by atoms with Crippen LogP contribution in [0, 0.1) is 6.92 Å². The molecule has 0 aliphatic rings. The van der Waals surface area contributed by atoms with Crippen molar-refractivity contribution >= 4 is 23.6 Å². The highest BCUT2D eigenvalue weighted by Crippen LogP contribution is 2.30. The lowest BCUT2D eigenvalue weighted by molar-refractivity contribution is -0.139. The van der Waals surface area contributed by atoms with Crippen molar-refractivity contribution in [3.63, 3.8) is 0 Å². The zero-order valence-electron chi connectivity index (χ0n) is 22.1. The van der Waals surface area contributed by atoms with Gasteiger partial charge in [-0.05, 0) is 84.7 Å². The number of thioether (sulfide) groups is 1. The van der Waals surface area contributed by atoms with Gasteiger partial charge in [0.15, 0.2) is 0 Å². The van der Waals surface area contributed by atoms with Crippen LogP contribution >= 0.6 is 11.8 Å². The van der Waals surface area contributed by atoms with E-state index in [4.69, 9.17) is 4.74 Å². The molecular formula is C32H32N2O4S. The van der Waals surface area contributed by atoms with Crippen LogP contribution in [-0.2, 0) is 17.6 Å². The van der Waals surface area contributed by atoms with Crippen LogP contribution in [0.25, 0.3) is 11.1 Å². The van der Waals surface area contributed by atoms with Crippen molar-refractivity contribution in [1.29, 1.82) is 0 Å². The van der Waals surface area contributed by atoms with Crippen LogP contribution < -0.4 is 10.1 Å². The molecule has 1 atom stereocenters. The van der Waals surface area contributed by atoms with Crippen molar-refractivity contribution in [2.45, 2.75) is 32.2 Å². The van der Waals surface area contributed by atoms with Gasteiger partial charge in [-0.15, -0.1) is 0 Å². The molecule has 1 unspecified atom stereocenters. The van der Waals surface area contributed by atoms with Crippen LogP contribution in [0.2, 0.25) is 0 Å². The molecule has 2 N–H and O–H groups in total. The van der Waals surface area contributed by atoms with E-state index < -0.39 is 12.0 Å². The second kappa shape index (κ2) is 13.6. The maximum atomic E-state index is 13.3. The summed E-state index contributed by atoms with van der Waals surface area (Å²) in [7, 11) is 0. The number of ether oxygens (including phenoxy) is 1. The molecule has 1 aromatic heterocycles. The number of aryl methyl sites for hydroxylation is 3. The first-order valence-corrected chi connectivity index (χ1v) is 14.2. The molecule has 0 bridgehead atoms. The van der Waals surface area contributed by atoms with Gasteiger partial charge in [0.25, 0.3) is 5.91 Å². The van der Waals surface area contributed by atoms with E-state index in [0.29, 0.717) is 30.6 Å². The summed E-state index contributed by atoms with van der Waals surface area (Å²) in [6.45, 7) is 2.01. The Hall–Kier alpha value is -4.10. The first-order chi connectivity index (χ1) is 19.0. The van der Waals surface area contributed by atoms with Crippen LogP contribution in [-0.4, -0.2) is 40.0 Å². The molecule has 3 aromatic carbocycles. The minimum atomic E-state index is -1.03. The second-order valence-corrected chi connectivity index (χ2v) is 10.2. The number of rotatable bonds is 12. The molecule has 200 valence electrons. The highest BCUT2D eigenvalue weighted by molar-refractivity contribution is 7.98. The molecule has 0 aliphatic carbocycles. The SMILES string of the molecule is CSCCC(NC(=O)c1ccc(CCc2cnccc2Oc2ccccc2)cc1-c1ccccc1C)C(=O)O. The molecule has 4 rings (SSSR count). The van der Waals surface area contributed by atoms with Gasteiger partial charge >= 0.3 is 5.97 Å². The Labute approximate surface area is 233 Å². The van der Waals surface area contributed by atoms with E-state index in [1.165, 1.54) is 0 Å². The summed E-state index contributed by atoms with van der Waals surface area (Å²) in [6.07, 6.45) is 7.22. The molecule has 1 heterocycles. The van der Waals surface area contributed by atoms with Gasteiger partial charge in [-0.3, -0.25) is 9.78 Å². The topological polar surface area (TPSA) is 88.5 Å². The van der Waals surface area contributed by atoms with Crippen molar-refractivity contribution in [2.24, 2.45) is 0 Å². The maximum absolute atomic E-state index is 13.3. The molecule has 0 spiro atoms. The number of pyridine rings is 1. The van der Waals surface area contributed by atoms with E-state index in [1.807, 2.05) is 92.2 Å². The lowest BCUT2D eigenvalue weighted by Crippen LogP contribution is -2.41. The monoisotopic (exact) mass is 540 g/mol. The molecule has 0 saturated heterocycles. The van der Waals surface area contributed by atoms with E-state index in [0.717, 1.165) is 39.3 Å². The van der Waals surface area contributed by atoms with Gasteiger partial charge in [0.2, 0.25) is 0 Å². The van der Waals surface area contributed by atoms with Crippen molar-refractivity contribution < 1.29 is 19.4 Å². The van der Waals surface area contributed by atoms with Crippen LogP contribution in [0.15, 0.2) is 91.3 Å². The summed E-state index contributed by atoms with van der Waals surface area (Å²) >= 11 is 1.55. The molecular weight excluding hydrogens is 508 g/mol. The van der Waals surface area contributed by atoms with Gasteiger partial charge in [0, 0.05) is 23.5 Å². The predicted octanol–water partition coefficient (Wildman–Crippen LogP) is 6.57. The van der Waals surface area contributed by atoms with Gasteiger partial charge < -0.3 is 15.2 Å². The van der Waals surface area contributed by atoms with Gasteiger partial charge in [-0.25, -0.2) is 4.79 Å². The summed E-state index contributed by atoms with van der Waals surface area (Å²) in [6, 6.07) is 24.2. The molecule has 7 heteroatoms. The molecule has 0 saturated carbocycles. The minimum absolute atomic E-state index is 0.360. The number of aliphatic carboxylic acids is 1. The Morgan fingerprint density at radius 2 is 1.74 bits per heavy atom. The van der Waals surface area contributed by atoms with E-state index in [-0.39, 0.29) is 5.91 Å². The zero-order chi connectivity index (χ0) is 27.6. The van der Waals surface area contributed by atoms with Crippen LogP contribution in [0.1, 0.15) is 33.5 Å². The van der Waals surface area contributed by atoms with Gasteiger partial charge in [0.1, 0.15) is 17.5 Å². The summed E-state index contributed by atoms with van der Waals surface area (Å²) < 4.78 is 6.10. The van der Waals surface area contributed by atoms with Crippen LogP contribution in [0.3, 0.4) is 0 Å². The number of hydrogen-bond donors (Lipinski definition) is 2. The number of carboxylic acids is 1. The van der Waals surface area contributed by atoms with Crippen molar-refractivity contribution in [2.75, 3.05) is 12.0 Å². The third-order valence-corrected chi connectivity index (χ3v) is 7.13. The Morgan fingerprint density at radius 3 is 2.49 bits per heavy atom. The molecule has 0 aliphatic heterocycles. The number of hydrogen-bond acceptors (Lipinski definition) is 5. The highest BCUT2D eigenvalue weighted by Gasteiger charge is 2.23. The second-order valence-electron chi connectivity index (χ2n) is 9.24. The highest BCUT2D eigenvalue weighted by atomic mass is 32.2. The molecule has 39 heavy (non-hydrogen) atoms. The van der Waals surface area contributed by atoms with E-state index in [1.54, 1.807) is 24.0 Å². The molecule has 0 radical (unpaired) electrons. The third-order valence-electron chi connectivity index (χ3n) is 6.49. The number of carbonyl (C=O) groups excluding carboxylic acids is 1. The number of carbonyl (C=O) groups is 2. The van der Waals surface area contributed by atoms with E-state index in [2.05, 4.69) is 10.3 Å². The number of benzene rings is 3. The number of nitrogens with one attached hydrogen (secondary N) is 1. The average Bonchev–Trinajstić information content (AvgIpc) is 2.95.